The lowest BCUT2D eigenvalue weighted by atomic mass is 10.1. The Kier molecular flexibility index (Phi) is 4.06. The molecule has 0 aliphatic carbocycles. The van der Waals surface area contributed by atoms with Crippen molar-refractivity contribution in [1.29, 1.82) is 0 Å². The minimum absolute atomic E-state index is 0.0279. The molecule has 2 unspecified atom stereocenters. The summed E-state index contributed by atoms with van der Waals surface area (Å²) in [6.07, 6.45) is 0.422. The molecule has 1 amide bonds. The van der Waals surface area contributed by atoms with Gasteiger partial charge in [-0.05, 0) is 24.6 Å². The molecule has 1 aromatic heterocycles. The van der Waals surface area contributed by atoms with Crippen LogP contribution in [0.5, 0.6) is 0 Å². The van der Waals surface area contributed by atoms with E-state index in [1.807, 2.05) is 65.6 Å². The van der Waals surface area contributed by atoms with E-state index < -0.39 is 0 Å². The molecule has 1 aliphatic heterocycles. The van der Waals surface area contributed by atoms with Crippen molar-refractivity contribution in [1.82, 2.24) is 15.0 Å². The fourth-order valence-corrected chi connectivity index (χ4v) is 3.29. The first-order valence-corrected chi connectivity index (χ1v) is 8.46. The molecule has 5 heteroatoms. The second-order valence-corrected chi connectivity index (χ2v) is 6.36. The first kappa shape index (κ1) is 15.6. The molecule has 2 aromatic carbocycles. The SMILES string of the molecule is CC(c1ccccc1)N1CC(c2noc(-c3ccccc3)n2)CC1=O. The monoisotopic (exact) mass is 333 g/mol. The van der Waals surface area contributed by atoms with Gasteiger partial charge in [-0.3, -0.25) is 4.79 Å². The number of likely N-dealkylation sites (tertiary alicyclic amines) is 1. The van der Waals surface area contributed by atoms with Gasteiger partial charge >= 0.3 is 0 Å². The Balaban J connectivity index is 1.52. The van der Waals surface area contributed by atoms with E-state index in [0.717, 1.165) is 11.1 Å². The molecular weight excluding hydrogens is 314 g/mol. The second kappa shape index (κ2) is 6.51. The first-order chi connectivity index (χ1) is 12.2. The molecule has 1 saturated heterocycles. The maximum Gasteiger partial charge on any atom is 0.257 e. The van der Waals surface area contributed by atoms with Gasteiger partial charge in [0.2, 0.25) is 5.91 Å². The number of nitrogens with zero attached hydrogens (tertiary/aromatic N) is 3. The van der Waals surface area contributed by atoms with Crippen LogP contribution in [0.2, 0.25) is 0 Å². The van der Waals surface area contributed by atoms with Gasteiger partial charge in [0.25, 0.3) is 5.89 Å². The summed E-state index contributed by atoms with van der Waals surface area (Å²) in [5.41, 5.74) is 2.02. The predicted molar refractivity (Wildman–Crippen MR) is 93.7 cm³/mol. The third-order valence-corrected chi connectivity index (χ3v) is 4.74. The van der Waals surface area contributed by atoms with Crippen LogP contribution in [0.3, 0.4) is 0 Å². The van der Waals surface area contributed by atoms with E-state index in [1.165, 1.54) is 0 Å². The zero-order valence-electron chi connectivity index (χ0n) is 14.0. The van der Waals surface area contributed by atoms with Crippen molar-refractivity contribution in [2.45, 2.75) is 25.3 Å². The molecule has 5 nitrogen and oxygen atoms in total. The van der Waals surface area contributed by atoms with E-state index in [4.69, 9.17) is 4.52 Å². The summed E-state index contributed by atoms with van der Waals surface area (Å²) in [4.78, 5) is 18.9. The Hall–Kier alpha value is -2.95. The topological polar surface area (TPSA) is 59.2 Å². The average Bonchev–Trinajstić information content (AvgIpc) is 3.29. The summed E-state index contributed by atoms with van der Waals surface area (Å²) in [7, 11) is 0. The lowest BCUT2D eigenvalue weighted by Crippen LogP contribution is -2.28. The van der Waals surface area contributed by atoms with Gasteiger partial charge in [0, 0.05) is 24.4 Å². The molecular formula is C20H19N3O2. The molecule has 0 saturated carbocycles. The van der Waals surface area contributed by atoms with Crippen LogP contribution in [0, 0.1) is 0 Å². The molecule has 4 rings (SSSR count). The molecule has 126 valence electrons. The highest BCUT2D eigenvalue weighted by atomic mass is 16.5. The van der Waals surface area contributed by atoms with E-state index in [2.05, 4.69) is 17.1 Å². The van der Waals surface area contributed by atoms with Gasteiger partial charge in [0.1, 0.15) is 0 Å². The second-order valence-electron chi connectivity index (χ2n) is 6.36. The first-order valence-electron chi connectivity index (χ1n) is 8.46. The maximum atomic E-state index is 12.5. The minimum Gasteiger partial charge on any atom is -0.335 e. The van der Waals surface area contributed by atoms with Gasteiger partial charge in [0.05, 0.1) is 6.04 Å². The van der Waals surface area contributed by atoms with Crippen molar-refractivity contribution in [3.63, 3.8) is 0 Å². The van der Waals surface area contributed by atoms with E-state index in [-0.39, 0.29) is 17.9 Å². The maximum absolute atomic E-state index is 12.5. The third-order valence-electron chi connectivity index (χ3n) is 4.74. The van der Waals surface area contributed by atoms with Crippen LogP contribution in [0.25, 0.3) is 11.5 Å². The summed E-state index contributed by atoms with van der Waals surface area (Å²) >= 11 is 0. The van der Waals surface area contributed by atoms with Crippen molar-refractivity contribution in [2.24, 2.45) is 0 Å². The minimum atomic E-state index is -0.0279. The Morgan fingerprint density at radius 2 is 1.76 bits per heavy atom. The molecule has 2 atom stereocenters. The molecule has 2 heterocycles. The highest BCUT2D eigenvalue weighted by Gasteiger charge is 2.36. The number of carbonyl (C=O) groups is 1. The zero-order valence-corrected chi connectivity index (χ0v) is 14.0. The molecule has 3 aromatic rings. The van der Waals surface area contributed by atoms with E-state index in [1.54, 1.807) is 0 Å². The quantitative estimate of drug-likeness (QED) is 0.728. The van der Waals surface area contributed by atoms with Crippen molar-refractivity contribution in [3.05, 3.63) is 72.1 Å². The van der Waals surface area contributed by atoms with Crippen LogP contribution in [-0.4, -0.2) is 27.5 Å². The van der Waals surface area contributed by atoms with Crippen LogP contribution in [-0.2, 0) is 4.79 Å². The van der Waals surface area contributed by atoms with Crippen molar-refractivity contribution in [2.75, 3.05) is 6.54 Å². The van der Waals surface area contributed by atoms with Crippen LogP contribution in [0.15, 0.2) is 65.2 Å². The van der Waals surface area contributed by atoms with Crippen molar-refractivity contribution < 1.29 is 9.32 Å². The molecule has 0 spiro atoms. The van der Waals surface area contributed by atoms with E-state index >= 15 is 0 Å². The van der Waals surface area contributed by atoms with E-state index in [0.29, 0.717) is 24.7 Å². The summed E-state index contributed by atoms with van der Waals surface area (Å²) in [5.74, 6) is 1.21. The summed E-state index contributed by atoms with van der Waals surface area (Å²) in [6, 6.07) is 19.8. The van der Waals surface area contributed by atoms with Crippen LogP contribution in [0.1, 0.15) is 36.7 Å². The van der Waals surface area contributed by atoms with Crippen LogP contribution < -0.4 is 0 Å². The predicted octanol–water partition coefficient (Wildman–Crippen LogP) is 3.81. The Bertz CT molecular complexity index is 861. The lowest BCUT2D eigenvalue weighted by Gasteiger charge is -2.25. The van der Waals surface area contributed by atoms with Gasteiger partial charge in [0.15, 0.2) is 5.82 Å². The zero-order chi connectivity index (χ0) is 17.2. The standard InChI is InChI=1S/C20H19N3O2/c1-14(15-8-4-2-5-9-15)23-13-17(12-18(23)24)19-21-20(25-22-19)16-10-6-3-7-11-16/h2-11,14,17H,12-13H2,1H3. The van der Waals surface area contributed by atoms with Crippen LogP contribution >= 0.6 is 0 Å². The fourth-order valence-electron chi connectivity index (χ4n) is 3.29. The summed E-state index contributed by atoms with van der Waals surface area (Å²) in [6.45, 7) is 2.67. The molecule has 1 fully saturated rings. The number of amides is 1. The fraction of sp³-hybridized carbons (Fsp3) is 0.250. The number of rotatable bonds is 4. The van der Waals surface area contributed by atoms with Gasteiger partial charge < -0.3 is 9.42 Å². The van der Waals surface area contributed by atoms with Crippen LogP contribution in [0.4, 0.5) is 0 Å². The highest BCUT2D eigenvalue weighted by molar-refractivity contribution is 5.80. The average molecular weight is 333 g/mol. The van der Waals surface area contributed by atoms with Crippen molar-refractivity contribution in [3.8, 4) is 11.5 Å². The Labute approximate surface area is 146 Å². The number of hydrogen-bond donors (Lipinski definition) is 0. The van der Waals surface area contributed by atoms with Gasteiger partial charge in [-0.1, -0.05) is 53.7 Å². The Morgan fingerprint density at radius 3 is 2.48 bits per heavy atom. The van der Waals surface area contributed by atoms with Gasteiger partial charge in [-0.2, -0.15) is 4.98 Å². The summed E-state index contributed by atoms with van der Waals surface area (Å²) in [5, 5.41) is 4.11. The molecule has 0 bridgehead atoms. The number of hydrogen-bond acceptors (Lipinski definition) is 4. The smallest absolute Gasteiger partial charge is 0.257 e. The number of benzene rings is 2. The van der Waals surface area contributed by atoms with Gasteiger partial charge in [-0.25, -0.2) is 0 Å². The molecule has 25 heavy (non-hydrogen) atoms. The largest absolute Gasteiger partial charge is 0.335 e. The Morgan fingerprint density at radius 1 is 1.08 bits per heavy atom. The lowest BCUT2D eigenvalue weighted by molar-refractivity contribution is -0.129. The molecule has 1 aliphatic rings. The molecule has 0 radical (unpaired) electrons. The number of aromatic nitrogens is 2. The molecule has 0 N–H and O–H groups in total. The normalized spacial score (nSPS) is 18.5. The van der Waals surface area contributed by atoms with Gasteiger partial charge in [-0.15, -0.1) is 0 Å². The van der Waals surface area contributed by atoms with Crippen molar-refractivity contribution >= 4 is 5.91 Å². The summed E-state index contributed by atoms with van der Waals surface area (Å²) < 4.78 is 5.39. The highest BCUT2D eigenvalue weighted by Crippen LogP contribution is 2.33. The van der Waals surface area contributed by atoms with E-state index in [9.17, 15) is 4.79 Å². The third kappa shape index (κ3) is 3.05. The number of carbonyl (C=O) groups excluding carboxylic acids is 1.